The van der Waals surface area contributed by atoms with E-state index in [1.54, 1.807) is 21.9 Å². The average Bonchev–Trinajstić information content (AvgIpc) is 3.10. The van der Waals surface area contributed by atoms with Crippen molar-refractivity contribution in [2.45, 2.75) is 26.0 Å². The summed E-state index contributed by atoms with van der Waals surface area (Å²) >= 11 is 0. The van der Waals surface area contributed by atoms with Gasteiger partial charge in [0.1, 0.15) is 11.9 Å². The van der Waals surface area contributed by atoms with E-state index < -0.39 is 0 Å². The number of carbonyl (C=O) groups excluding carboxylic acids is 2. The number of halogens is 1. The Morgan fingerprint density at radius 1 is 1.10 bits per heavy atom. The lowest BCUT2D eigenvalue weighted by atomic mass is 10.0. The summed E-state index contributed by atoms with van der Waals surface area (Å²) < 4.78 is 19.0. The normalized spacial score (nSPS) is 22.2. The van der Waals surface area contributed by atoms with Gasteiger partial charge in [-0.05, 0) is 30.2 Å². The Bertz CT molecular complexity index is 882. The Morgan fingerprint density at radius 2 is 1.83 bits per heavy atom. The van der Waals surface area contributed by atoms with Crippen molar-refractivity contribution in [3.05, 3.63) is 71.0 Å². The number of hydrogen-bond acceptors (Lipinski definition) is 3. The standard InChI is InChI=1S/C23H25FN2O3/c1-16-2-4-17(5-3-16)13-26-14-19(12-22(26)27)23(28)25-10-11-29-21(15-25)18-6-8-20(24)9-7-18/h2-9,19,21H,10-15H2,1H3. The van der Waals surface area contributed by atoms with Gasteiger partial charge < -0.3 is 14.5 Å². The molecule has 0 bridgehead atoms. The maximum Gasteiger partial charge on any atom is 0.228 e. The fourth-order valence-corrected chi connectivity index (χ4v) is 3.99. The lowest BCUT2D eigenvalue weighted by molar-refractivity contribution is -0.143. The van der Waals surface area contributed by atoms with Crippen molar-refractivity contribution < 1.29 is 18.7 Å². The van der Waals surface area contributed by atoms with E-state index in [4.69, 9.17) is 4.74 Å². The van der Waals surface area contributed by atoms with Crippen molar-refractivity contribution in [2.75, 3.05) is 26.2 Å². The minimum absolute atomic E-state index is 0.000155. The van der Waals surface area contributed by atoms with Gasteiger partial charge in [-0.2, -0.15) is 0 Å². The number of benzene rings is 2. The summed E-state index contributed by atoms with van der Waals surface area (Å²) in [5.74, 6) is -0.594. The summed E-state index contributed by atoms with van der Waals surface area (Å²) in [5.41, 5.74) is 3.10. The van der Waals surface area contributed by atoms with Gasteiger partial charge in [0.15, 0.2) is 0 Å². The van der Waals surface area contributed by atoms with Gasteiger partial charge in [-0.3, -0.25) is 9.59 Å². The molecule has 2 saturated heterocycles. The highest BCUT2D eigenvalue weighted by Gasteiger charge is 2.38. The van der Waals surface area contributed by atoms with Crippen LogP contribution in [0.1, 0.15) is 29.2 Å². The Labute approximate surface area is 170 Å². The molecule has 6 heteroatoms. The second-order valence-electron chi connectivity index (χ2n) is 7.86. The van der Waals surface area contributed by atoms with Crippen LogP contribution in [-0.2, 0) is 20.9 Å². The molecular formula is C23H25FN2O3. The summed E-state index contributed by atoms with van der Waals surface area (Å²) in [6, 6.07) is 14.3. The molecule has 2 heterocycles. The molecule has 2 aromatic carbocycles. The Hall–Kier alpha value is -2.73. The lowest BCUT2D eigenvalue weighted by Gasteiger charge is -2.34. The summed E-state index contributed by atoms with van der Waals surface area (Å²) in [5, 5.41) is 0. The molecule has 152 valence electrons. The van der Waals surface area contributed by atoms with Crippen molar-refractivity contribution in [3.63, 3.8) is 0 Å². The molecule has 2 atom stereocenters. The zero-order chi connectivity index (χ0) is 20.4. The van der Waals surface area contributed by atoms with Crippen LogP contribution in [0.3, 0.4) is 0 Å². The van der Waals surface area contributed by atoms with E-state index in [2.05, 4.69) is 0 Å². The third-order valence-corrected chi connectivity index (χ3v) is 5.68. The van der Waals surface area contributed by atoms with E-state index in [9.17, 15) is 14.0 Å². The second kappa shape index (κ2) is 8.33. The summed E-state index contributed by atoms with van der Waals surface area (Å²) in [7, 11) is 0. The first kappa shape index (κ1) is 19.6. The van der Waals surface area contributed by atoms with Crippen LogP contribution in [0.5, 0.6) is 0 Å². The van der Waals surface area contributed by atoms with Crippen LogP contribution >= 0.6 is 0 Å². The molecule has 2 aliphatic rings. The van der Waals surface area contributed by atoms with E-state index in [0.717, 1.165) is 11.1 Å². The van der Waals surface area contributed by atoms with Crippen LogP contribution in [0, 0.1) is 18.7 Å². The van der Waals surface area contributed by atoms with E-state index in [-0.39, 0.29) is 36.1 Å². The number of ether oxygens (including phenoxy) is 1. The predicted molar refractivity (Wildman–Crippen MR) is 106 cm³/mol. The van der Waals surface area contributed by atoms with Gasteiger partial charge in [0, 0.05) is 26.1 Å². The first-order chi connectivity index (χ1) is 14.0. The molecule has 2 aromatic rings. The average molecular weight is 396 g/mol. The zero-order valence-corrected chi connectivity index (χ0v) is 16.5. The van der Waals surface area contributed by atoms with Crippen LogP contribution in [-0.4, -0.2) is 47.9 Å². The molecule has 29 heavy (non-hydrogen) atoms. The zero-order valence-electron chi connectivity index (χ0n) is 16.5. The van der Waals surface area contributed by atoms with Gasteiger partial charge in [-0.15, -0.1) is 0 Å². The molecule has 2 aliphatic heterocycles. The maximum absolute atomic E-state index is 13.2. The minimum atomic E-state index is -0.320. The van der Waals surface area contributed by atoms with Crippen molar-refractivity contribution in [2.24, 2.45) is 5.92 Å². The van der Waals surface area contributed by atoms with E-state index in [1.165, 1.54) is 17.7 Å². The summed E-state index contributed by atoms with van der Waals surface area (Å²) in [4.78, 5) is 29.1. The quantitative estimate of drug-likeness (QED) is 0.798. The fraction of sp³-hybridized carbons (Fsp3) is 0.391. The van der Waals surface area contributed by atoms with Crippen LogP contribution < -0.4 is 0 Å². The third kappa shape index (κ3) is 4.48. The van der Waals surface area contributed by atoms with Gasteiger partial charge in [-0.1, -0.05) is 42.0 Å². The first-order valence-electron chi connectivity index (χ1n) is 9.99. The molecule has 5 nitrogen and oxygen atoms in total. The first-order valence-corrected chi connectivity index (χ1v) is 9.99. The highest BCUT2D eigenvalue weighted by atomic mass is 19.1. The topological polar surface area (TPSA) is 49.9 Å². The predicted octanol–water partition coefficient (Wildman–Crippen LogP) is 3.08. The highest BCUT2D eigenvalue weighted by Crippen LogP contribution is 2.27. The van der Waals surface area contributed by atoms with E-state index in [1.807, 2.05) is 31.2 Å². The number of aryl methyl sites for hydroxylation is 1. The van der Waals surface area contributed by atoms with E-state index >= 15 is 0 Å². The van der Waals surface area contributed by atoms with Crippen LogP contribution in [0.25, 0.3) is 0 Å². The summed E-state index contributed by atoms with van der Waals surface area (Å²) in [6.45, 7) is 4.38. The van der Waals surface area contributed by atoms with Gasteiger partial charge in [-0.25, -0.2) is 4.39 Å². The number of carbonyl (C=O) groups is 2. The molecule has 2 amide bonds. The Balaban J connectivity index is 1.38. The molecule has 2 unspecified atom stereocenters. The number of likely N-dealkylation sites (tertiary alicyclic amines) is 1. The Kier molecular flexibility index (Phi) is 5.62. The molecule has 0 N–H and O–H groups in total. The smallest absolute Gasteiger partial charge is 0.228 e. The van der Waals surface area contributed by atoms with Crippen molar-refractivity contribution >= 4 is 11.8 Å². The maximum atomic E-state index is 13.2. The second-order valence-corrected chi connectivity index (χ2v) is 7.86. The van der Waals surface area contributed by atoms with Crippen molar-refractivity contribution in [3.8, 4) is 0 Å². The number of morpholine rings is 1. The molecule has 0 aliphatic carbocycles. The molecule has 4 rings (SSSR count). The SMILES string of the molecule is Cc1ccc(CN2CC(C(=O)N3CCOC(c4ccc(F)cc4)C3)CC2=O)cc1. The fourth-order valence-electron chi connectivity index (χ4n) is 3.99. The molecule has 0 spiro atoms. The van der Waals surface area contributed by atoms with Crippen LogP contribution in [0.15, 0.2) is 48.5 Å². The molecule has 0 saturated carbocycles. The van der Waals surface area contributed by atoms with Crippen LogP contribution in [0.2, 0.25) is 0 Å². The summed E-state index contributed by atoms with van der Waals surface area (Å²) in [6.07, 6.45) is -0.0161. The number of nitrogens with zero attached hydrogens (tertiary/aromatic N) is 2. The van der Waals surface area contributed by atoms with Gasteiger partial charge >= 0.3 is 0 Å². The molecule has 0 radical (unpaired) electrons. The number of hydrogen-bond donors (Lipinski definition) is 0. The monoisotopic (exact) mass is 396 g/mol. The van der Waals surface area contributed by atoms with Crippen LogP contribution in [0.4, 0.5) is 4.39 Å². The van der Waals surface area contributed by atoms with E-state index in [0.29, 0.717) is 32.8 Å². The number of rotatable bonds is 4. The Morgan fingerprint density at radius 3 is 2.55 bits per heavy atom. The molecule has 2 fully saturated rings. The molecule has 0 aromatic heterocycles. The number of amides is 2. The minimum Gasteiger partial charge on any atom is -0.370 e. The van der Waals surface area contributed by atoms with Gasteiger partial charge in [0.05, 0.1) is 19.1 Å². The third-order valence-electron chi connectivity index (χ3n) is 5.68. The van der Waals surface area contributed by atoms with Gasteiger partial charge in [0.25, 0.3) is 0 Å². The lowest BCUT2D eigenvalue weighted by Crippen LogP contribution is -2.45. The largest absolute Gasteiger partial charge is 0.370 e. The highest BCUT2D eigenvalue weighted by molar-refractivity contribution is 5.89. The van der Waals surface area contributed by atoms with Crippen molar-refractivity contribution in [1.82, 2.24) is 9.80 Å². The van der Waals surface area contributed by atoms with Gasteiger partial charge in [0.2, 0.25) is 11.8 Å². The van der Waals surface area contributed by atoms with Crippen molar-refractivity contribution in [1.29, 1.82) is 0 Å². The molecular weight excluding hydrogens is 371 g/mol.